The van der Waals surface area contributed by atoms with Crippen molar-refractivity contribution >= 4 is 17.6 Å². The zero-order valence-corrected chi connectivity index (χ0v) is 12.8. The molecule has 1 aromatic carbocycles. The quantitative estimate of drug-likeness (QED) is 0.879. The van der Waals surface area contributed by atoms with Gasteiger partial charge in [-0.15, -0.1) is 0 Å². The van der Waals surface area contributed by atoms with Crippen molar-refractivity contribution in [2.75, 3.05) is 12.4 Å². The van der Waals surface area contributed by atoms with E-state index in [4.69, 9.17) is 9.47 Å². The fraction of sp³-hybridized carbons (Fsp3) is 0.235. The standard InChI is InChI=1S/C17H16N2O4/c1-17(9-11-5-3-4-6-13(11)15(20)23-17)16(21)19-12-7-8-14(22-2)18-10-12/h3-8,10H,9H2,1-2H3,(H,19,21)/t17-/m0/s1. The number of fused-ring (bicyclic) bond motifs is 1. The van der Waals surface area contributed by atoms with Crippen LogP contribution in [0, 0.1) is 0 Å². The molecule has 1 aliphatic rings. The minimum absolute atomic E-state index is 0.324. The Bertz CT molecular complexity index is 757. The van der Waals surface area contributed by atoms with Crippen molar-refractivity contribution in [3.8, 4) is 5.88 Å². The maximum Gasteiger partial charge on any atom is 0.339 e. The van der Waals surface area contributed by atoms with E-state index in [0.29, 0.717) is 23.6 Å². The van der Waals surface area contributed by atoms with Gasteiger partial charge in [0.05, 0.1) is 24.6 Å². The van der Waals surface area contributed by atoms with Crippen molar-refractivity contribution in [1.82, 2.24) is 4.98 Å². The summed E-state index contributed by atoms with van der Waals surface area (Å²) in [6, 6.07) is 10.4. The first-order chi connectivity index (χ1) is 11.0. The smallest absolute Gasteiger partial charge is 0.339 e. The van der Waals surface area contributed by atoms with E-state index in [9.17, 15) is 9.59 Å². The predicted octanol–water partition coefficient (Wildman–Crippen LogP) is 2.20. The van der Waals surface area contributed by atoms with Crippen LogP contribution in [-0.4, -0.2) is 29.6 Å². The molecule has 23 heavy (non-hydrogen) atoms. The number of hydrogen-bond donors (Lipinski definition) is 1. The van der Waals surface area contributed by atoms with Gasteiger partial charge in [0.1, 0.15) is 0 Å². The van der Waals surface area contributed by atoms with Gasteiger partial charge in [0, 0.05) is 12.5 Å². The molecule has 1 N–H and O–H groups in total. The molecule has 2 heterocycles. The lowest BCUT2D eigenvalue weighted by Crippen LogP contribution is -2.48. The zero-order valence-electron chi connectivity index (χ0n) is 12.8. The summed E-state index contributed by atoms with van der Waals surface area (Å²) in [4.78, 5) is 28.7. The number of amides is 1. The second-order valence-electron chi connectivity index (χ2n) is 5.50. The molecule has 118 valence electrons. The van der Waals surface area contributed by atoms with E-state index in [-0.39, 0.29) is 0 Å². The minimum Gasteiger partial charge on any atom is -0.481 e. The van der Waals surface area contributed by atoms with Crippen molar-refractivity contribution in [3.05, 3.63) is 53.7 Å². The maximum absolute atomic E-state index is 12.6. The molecule has 1 aliphatic heterocycles. The van der Waals surface area contributed by atoms with Crippen LogP contribution >= 0.6 is 0 Å². The fourth-order valence-electron chi connectivity index (χ4n) is 2.50. The van der Waals surface area contributed by atoms with Gasteiger partial charge >= 0.3 is 5.97 Å². The van der Waals surface area contributed by atoms with Crippen LogP contribution < -0.4 is 10.1 Å². The number of pyridine rings is 1. The second kappa shape index (κ2) is 5.72. The highest BCUT2D eigenvalue weighted by molar-refractivity contribution is 6.02. The fourth-order valence-corrected chi connectivity index (χ4v) is 2.50. The summed E-state index contributed by atoms with van der Waals surface area (Å²) >= 11 is 0. The van der Waals surface area contributed by atoms with Crippen molar-refractivity contribution < 1.29 is 19.1 Å². The van der Waals surface area contributed by atoms with Crippen molar-refractivity contribution in [2.45, 2.75) is 18.9 Å². The summed E-state index contributed by atoms with van der Waals surface area (Å²) < 4.78 is 10.4. The summed E-state index contributed by atoms with van der Waals surface area (Å²) in [7, 11) is 1.51. The van der Waals surface area contributed by atoms with E-state index < -0.39 is 17.5 Å². The monoisotopic (exact) mass is 312 g/mol. The molecule has 1 amide bonds. The van der Waals surface area contributed by atoms with Crippen LogP contribution in [0.3, 0.4) is 0 Å². The van der Waals surface area contributed by atoms with Crippen LogP contribution in [0.2, 0.25) is 0 Å². The molecule has 6 heteroatoms. The number of nitrogens with zero attached hydrogens (tertiary/aromatic N) is 1. The first-order valence-corrected chi connectivity index (χ1v) is 7.14. The molecule has 0 unspecified atom stereocenters. The van der Waals surface area contributed by atoms with Gasteiger partial charge in [-0.3, -0.25) is 4.79 Å². The average Bonchev–Trinajstić information content (AvgIpc) is 2.55. The molecule has 0 bridgehead atoms. The molecule has 1 aromatic heterocycles. The van der Waals surface area contributed by atoms with E-state index in [1.165, 1.54) is 13.3 Å². The van der Waals surface area contributed by atoms with Crippen molar-refractivity contribution in [3.63, 3.8) is 0 Å². The molecule has 0 radical (unpaired) electrons. The number of hydrogen-bond acceptors (Lipinski definition) is 5. The Labute approximate surface area is 133 Å². The highest BCUT2D eigenvalue weighted by Crippen LogP contribution is 2.29. The SMILES string of the molecule is COc1ccc(NC(=O)[C@]2(C)Cc3ccccc3C(=O)O2)cn1. The number of nitrogens with one attached hydrogen (secondary N) is 1. The Kier molecular flexibility index (Phi) is 3.73. The number of methoxy groups -OCH3 is 1. The summed E-state index contributed by atoms with van der Waals surface area (Å²) in [5, 5.41) is 2.72. The predicted molar refractivity (Wildman–Crippen MR) is 83.4 cm³/mol. The third kappa shape index (κ3) is 2.88. The van der Waals surface area contributed by atoms with Gasteiger partial charge in [0.15, 0.2) is 5.60 Å². The Balaban J connectivity index is 1.80. The third-order valence-electron chi connectivity index (χ3n) is 3.77. The first-order valence-electron chi connectivity index (χ1n) is 7.14. The normalized spacial score (nSPS) is 19.5. The first kappa shape index (κ1) is 15.0. The molecule has 0 saturated carbocycles. The zero-order chi connectivity index (χ0) is 16.4. The number of ether oxygens (including phenoxy) is 2. The number of aromatic nitrogens is 1. The lowest BCUT2D eigenvalue weighted by Gasteiger charge is -2.32. The van der Waals surface area contributed by atoms with Crippen LogP contribution in [0.25, 0.3) is 0 Å². The molecule has 0 saturated heterocycles. The molecule has 6 nitrogen and oxygen atoms in total. The molecule has 3 rings (SSSR count). The number of cyclic esters (lactones) is 1. The van der Waals surface area contributed by atoms with Gasteiger partial charge in [-0.05, 0) is 24.6 Å². The summed E-state index contributed by atoms with van der Waals surface area (Å²) in [6.07, 6.45) is 1.81. The summed E-state index contributed by atoms with van der Waals surface area (Å²) in [6.45, 7) is 1.60. The van der Waals surface area contributed by atoms with E-state index in [1.54, 1.807) is 31.2 Å². The van der Waals surface area contributed by atoms with Gasteiger partial charge in [-0.1, -0.05) is 18.2 Å². The van der Waals surface area contributed by atoms with Crippen LogP contribution in [0.15, 0.2) is 42.6 Å². The highest BCUT2D eigenvalue weighted by Gasteiger charge is 2.42. The molecular weight excluding hydrogens is 296 g/mol. The van der Waals surface area contributed by atoms with E-state index >= 15 is 0 Å². The number of anilines is 1. The molecule has 2 aromatic rings. The minimum atomic E-state index is -1.26. The molecule has 0 aliphatic carbocycles. The number of carbonyl (C=O) groups is 2. The van der Waals surface area contributed by atoms with Gasteiger partial charge in [-0.25, -0.2) is 9.78 Å². The van der Waals surface area contributed by atoms with Gasteiger partial charge in [0.25, 0.3) is 5.91 Å². The summed E-state index contributed by atoms with van der Waals surface area (Å²) in [5.41, 5.74) is 0.552. The lowest BCUT2D eigenvalue weighted by atomic mass is 9.89. The van der Waals surface area contributed by atoms with E-state index in [0.717, 1.165) is 5.56 Å². The van der Waals surface area contributed by atoms with Gasteiger partial charge in [0.2, 0.25) is 5.88 Å². The molecule has 0 fully saturated rings. The van der Waals surface area contributed by atoms with Crippen LogP contribution in [0.5, 0.6) is 5.88 Å². The topological polar surface area (TPSA) is 77.5 Å². The third-order valence-corrected chi connectivity index (χ3v) is 3.77. The number of carbonyl (C=O) groups excluding carboxylic acids is 2. The Morgan fingerprint density at radius 1 is 1.30 bits per heavy atom. The van der Waals surface area contributed by atoms with Crippen molar-refractivity contribution in [1.29, 1.82) is 0 Å². The van der Waals surface area contributed by atoms with Crippen molar-refractivity contribution in [2.24, 2.45) is 0 Å². The summed E-state index contributed by atoms with van der Waals surface area (Å²) in [5.74, 6) is -0.433. The molecule has 1 atom stereocenters. The van der Waals surface area contributed by atoms with Crippen LogP contribution in [0.1, 0.15) is 22.8 Å². The second-order valence-corrected chi connectivity index (χ2v) is 5.50. The Morgan fingerprint density at radius 2 is 2.09 bits per heavy atom. The highest BCUT2D eigenvalue weighted by atomic mass is 16.6. The average molecular weight is 312 g/mol. The molecular formula is C17H16N2O4. The number of esters is 1. The van der Waals surface area contributed by atoms with E-state index in [2.05, 4.69) is 10.3 Å². The number of benzene rings is 1. The van der Waals surface area contributed by atoms with Gasteiger partial charge < -0.3 is 14.8 Å². The number of rotatable bonds is 3. The Morgan fingerprint density at radius 3 is 2.78 bits per heavy atom. The lowest BCUT2D eigenvalue weighted by molar-refractivity contribution is -0.134. The maximum atomic E-state index is 12.6. The van der Waals surface area contributed by atoms with E-state index in [1.807, 2.05) is 12.1 Å². The Hall–Kier alpha value is -2.89. The van der Waals surface area contributed by atoms with Gasteiger partial charge in [-0.2, -0.15) is 0 Å². The molecule has 0 spiro atoms. The van der Waals surface area contributed by atoms with Crippen LogP contribution in [-0.2, 0) is 16.0 Å². The van der Waals surface area contributed by atoms with Crippen LogP contribution in [0.4, 0.5) is 5.69 Å². The largest absolute Gasteiger partial charge is 0.481 e.